The van der Waals surface area contributed by atoms with E-state index in [9.17, 15) is 19.4 Å². The van der Waals surface area contributed by atoms with Crippen molar-refractivity contribution in [2.45, 2.75) is 26.6 Å². The van der Waals surface area contributed by atoms with E-state index < -0.39 is 5.91 Å². The number of nitrogens with one attached hydrogen (secondary N) is 1. The van der Waals surface area contributed by atoms with Crippen molar-refractivity contribution in [2.24, 2.45) is 0 Å². The number of rotatable bonds is 6. The van der Waals surface area contributed by atoms with E-state index in [4.69, 9.17) is 4.74 Å². The van der Waals surface area contributed by atoms with Crippen molar-refractivity contribution in [1.29, 1.82) is 0 Å². The van der Waals surface area contributed by atoms with Crippen LogP contribution in [0.4, 0.5) is 15.9 Å². The average molecular weight is 489 g/mol. The van der Waals surface area contributed by atoms with Gasteiger partial charge in [-0.1, -0.05) is 24.3 Å². The number of ether oxygens (including phenoxy) is 1. The molecule has 3 N–H and O–H groups in total. The topological polar surface area (TPSA) is 99.9 Å². The van der Waals surface area contributed by atoms with E-state index >= 15 is 0 Å². The van der Waals surface area contributed by atoms with Gasteiger partial charge in [-0.2, -0.15) is 5.10 Å². The number of carbonyl (C=O) groups excluding carboxylic acids is 1. The number of hydrogen-bond donors (Lipinski definition) is 3. The molecule has 0 radical (unpaired) electrons. The molecule has 0 bridgehead atoms. The number of aryl methyl sites for hydroxylation is 1. The SMILES string of the molecule is COc1ccc(Cn2nc(C)cc2Nc2cc(O)cc(O)c2C(=O)N2Cc3cccc(F)c3C2)cc1. The Balaban J connectivity index is 1.45. The third kappa shape index (κ3) is 4.43. The number of amides is 1. The van der Waals surface area contributed by atoms with Crippen molar-refractivity contribution in [1.82, 2.24) is 14.7 Å². The van der Waals surface area contributed by atoms with Gasteiger partial charge in [0, 0.05) is 36.9 Å². The number of benzene rings is 3. The van der Waals surface area contributed by atoms with E-state index in [2.05, 4.69) is 10.4 Å². The average Bonchev–Trinajstić information content (AvgIpc) is 3.43. The first-order valence-corrected chi connectivity index (χ1v) is 11.4. The summed E-state index contributed by atoms with van der Waals surface area (Å²) in [5.41, 5.74) is 3.11. The first-order chi connectivity index (χ1) is 17.3. The van der Waals surface area contributed by atoms with E-state index in [1.165, 1.54) is 17.0 Å². The van der Waals surface area contributed by atoms with Gasteiger partial charge in [0.2, 0.25) is 0 Å². The maximum Gasteiger partial charge on any atom is 0.260 e. The number of phenols is 2. The number of nitrogens with zero attached hydrogens (tertiary/aromatic N) is 3. The number of phenolic OH excluding ortho intramolecular Hbond substituents is 2. The van der Waals surface area contributed by atoms with Crippen molar-refractivity contribution in [3.63, 3.8) is 0 Å². The van der Waals surface area contributed by atoms with Crippen LogP contribution in [0.1, 0.15) is 32.7 Å². The summed E-state index contributed by atoms with van der Waals surface area (Å²) in [5, 5.41) is 28.5. The molecule has 3 aromatic carbocycles. The monoisotopic (exact) mass is 488 g/mol. The second-order valence-electron chi connectivity index (χ2n) is 8.73. The zero-order valence-electron chi connectivity index (χ0n) is 19.8. The first kappa shape index (κ1) is 23.2. The number of aromatic nitrogens is 2. The highest BCUT2D eigenvalue weighted by molar-refractivity contribution is 6.03. The van der Waals surface area contributed by atoms with Gasteiger partial charge in [-0.3, -0.25) is 4.79 Å². The van der Waals surface area contributed by atoms with Gasteiger partial charge in [0.1, 0.15) is 34.4 Å². The largest absolute Gasteiger partial charge is 0.508 e. The Labute approximate surface area is 207 Å². The molecule has 9 heteroatoms. The number of aromatic hydroxyl groups is 2. The maximum absolute atomic E-state index is 14.2. The zero-order valence-corrected chi connectivity index (χ0v) is 19.8. The van der Waals surface area contributed by atoms with Crippen LogP contribution in [0.5, 0.6) is 17.2 Å². The molecule has 1 amide bonds. The summed E-state index contributed by atoms with van der Waals surface area (Å²) in [6.07, 6.45) is 0. The highest BCUT2D eigenvalue weighted by atomic mass is 19.1. The molecule has 0 unspecified atom stereocenters. The van der Waals surface area contributed by atoms with Crippen LogP contribution in [0.3, 0.4) is 0 Å². The molecule has 0 fully saturated rings. The van der Waals surface area contributed by atoms with Crippen molar-refractivity contribution >= 4 is 17.4 Å². The van der Waals surface area contributed by atoms with Crippen LogP contribution in [0.25, 0.3) is 0 Å². The van der Waals surface area contributed by atoms with Gasteiger partial charge in [-0.15, -0.1) is 0 Å². The fraction of sp³-hybridized carbons (Fsp3) is 0.185. The summed E-state index contributed by atoms with van der Waals surface area (Å²) in [5.74, 6) is -0.121. The quantitative estimate of drug-likeness (QED) is 0.364. The van der Waals surface area contributed by atoms with Crippen molar-refractivity contribution in [3.05, 3.63) is 94.4 Å². The summed E-state index contributed by atoms with van der Waals surface area (Å²) in [4.78, 5) is 15.0. The van der Waals surface area contributed by atoms with Gasteiger partial charge >= 0.3 is 0 Å². The number of fused-ring (bicyclic) bond motifs is 1. The van der Waals surface area contributed by atoms with Crippen molar-refractivity contribution in [3.8, 4) is 17.2 Å². The summed E-state index contributed by atoms with van der Waals surface area (Å²) in [6, 6.07) is 16.6. The van der Waals surface area contributed by atoms with Crippen LogP contribution in [0.15, 0.2) is 60.7 Å². The third-order valence-corrected chi connectivity index (χ3v) is 6.19. The van der Waals surface area contributed by atoms with Crippen LogP contribution in [0, 0.1) is 12.7 Å². The molecule has 0 spiro atoms. The number of carbonyl (C=O) groups is 1. The van der Waals surface area contributed by atoms with E-state index in [1.807, 2.05) is 31.2 Å². The molecule has 1 aliphatic rings. The Hall–Kier alpha value is -4.53. The van der Waals surface area contributed by atoms with Crippen LogP contribution < -0.4 is 10.1 Å². The fourth-order valence-electron chi connectivity index (χ4n) is 4.43. The molecule has 184 valence electrons. The first-order valence-electron chi connectivity index (χ1n) is 11.4. The summed E-state index contributed by atoms with van der Waals surface area (Å²) in [6.45, 7) is 2.60. The van der Waals surface area contributed by atoms with Crippen LogP contribution >= 0.6 is 0 Å². The zero-order chi connectivity index (χ0) is 25.4. The molecule has 4 aromatic rings. The lowest BCUT2D eigenvalue weighted by Gasteiger charge is -2.20. The van der Waals surface area contributed by atoms with Gasteiger partial charge in [-0.05, 0) is 36.2 Å². The highest BCUT2D eigenvalue weighted by Crippen LogP contribution is 2.36. The lowest BCUT2D eigenvalue weighted by Crippen LogP contribution is -2.26. The van der Waals surface area contributed by atoms with E-state index in [0.717, 1.165) is 28.6 Å². The lowest BCUT2D eigenvalue weighted by atomic mass is 10.1. The predicted molar refractivity (Wildman–Crippen MR) is 132 cm³/mol. The fourth-order valence-corrected chi connectivity index (χ4v) is 4.43. The molecule has 0 saturated carbocycles. The van der Waals surface area contributed by atoms with Gasteiger partial charge in [0.05, 0.1) is 25.0 Å². The smallest absolute Gasteiger partial charge is 0.260 e. The molecular formula is C27H25FN4O4. The van der Waals surface area contributed by atoms with Gasteiger partial charge in [0.25, 0.3) is 5.91 Å². The normalized spacial score (nSPS) is 12.5. The Morgan fingerprint density at radius 3 is 2.61 bits per heavy atom. The number of methoxy groups -OCH3 is 1. The van der Waals surface area contributed by atoms with E-state index in [-0.39, 0.29) is 41.7 Å². The molecule has 1 aliphatic heterocycles. The second-order valence-corrected chi connectivity index (χ2v) is 8.73. The molecule has 36 heavy (non-hydrogen) atoms. The van der Waals surface area contributed by atoms with Crippen molar-refractivity contribution in [2.75, 3.05) is 12.4 Å². The molecule has 2 heterocycles. The Morgan fingerprint density at radius 2 is 1.89 bits per heavy atom. The Morgan fingerprint density at radius 1 is 1.11 bits per heavy atom. The van der Waals surface area contributed by atoms with Crippen molar-refractivity contribution < 1.29 is 24.1 Å². The maximum atomic E-state index is 14.2. The van der Waals surface area contributed by atoms with Crippen LogP contribution in [-0.4, -0.2) is 37.9 Å². The van der Waals surface area contributed by atoms with E-state index in [0.29, 0.717) is 17.9 Å². The minimum Gasteiger partial charge on any atom is -0.508 e. The molecule has 0 atom stereocenters. The standard InChI is InChI=1S/C27H25FN4O4/c1-16-10-25(32(30-16)13-17-6-8-20(36-2)9-7-17)29-23-11-19(33)12-24(34)26(23)27(35)31-14-18-4-3-5-22(28)21(18)15-31/h3-12,29,33-34H,13-15H2,1-2H3. The molecule has 8 nitrogen and oxygen atoms in total. The summed E-state index contributed by atoms with van der Waals surface area (Å²) in [7, 11) is 1.61. The van der Waals surface area contributed by atoms with Gasteiger partial charge in [0.15, 0.2) is 0 Å². The highest BCUT2D eigenvalue weighted by Gasteiger charge is 2.30. The Bertz CT molecular complexity index is 1450. The Kier molecular flexibility index (Phi) is 5.97. The summed E-state index contributed by atoms with van der Waals surface area (Å²) < 4.78 is 21.2. The molecule has 0 saturated heterocycles. The van der Waals surface area contributed by atoms with Crippen LogP contribution in [-0.2, 0) is 19.6 Å². The van der Waals surface area contributed by atoms with Crippen LogP contribution in [0.2, 0.25) is 0 Å². The van der Waals surface area contributed by atoms with Gasteiger partial charge in [-0.25, -0.2) is 9.07 Å². The summed E-state index contributed by atoms with van der Waals surface area (Å²) >= 11 is 0. The van der Waals surface area contributed by atoms with E-state index in [1.54, 1.807) is 30.0 Å². The molecule has 5 rings (SSSR count). The molecular weight excluding hydrogens is 463 g/mol. The predicted octanol–water partition coefficient (Wildman–Crippen LogP) is 4.70. The number of halogens is 1. The minimum absolute atomic E-state index is 0.0177. The lowest BCUT2D eigenvalue weighted by molar-refractivity contribution is 0.0748. The molecule has 0 aliphatic carbocycles. The third-order valence-electron chi connectivity index (χ3n) is 6.19. The number of hydrogen-bond acceptors (Lipinski definition) is 6. The molecule has 1 aromatic heterocycles. The second kappa shape index (κ2) is 9.26. The number of anilines is 2. The minimum atomic E-state index is -0.483. The van der Waals surface area contributed by atoms with Gasteiger partial charge < -0.3 is 25.2 Å².